The second kappa shape index (κ2) is 7.46. The zero-order valence-electron chi connectivity index (χ0n) is 11.3. The zero-order chi connectivity index (χ0) is 14.4. The van der Waals surface area contributed by atoms with Gasteiger partial charge in [-0.3, -0.25) is 4.79 Å². The summed E-state index contributed by atoms with van der Waals surface area (Å²) in [5.41, 5.74) is 0.433. The van der Waals surface area contributed by atoms with E-state index in [1.807, 2.05) is 0 Å². The molecule has 1 aromatic rings. The molecule has 6 heteroatoms. The van der Waals surface area contributed by atoms with E-state index in [0.29, 0.717) is 29.4 Å². The second-order valence-corrected chi connectivity index (χ2v) is 5.54. The Kier molecular flexibility index (Phi) is 5.62. The van der Waals surface area contributed by atoms with Crippen molar-refractivity contribution in [2.75, 3.05) is 18.5 Å². The lowest BCUT2D eigenvalue weighted by Crippen LogP contribution is -2.25. The summed E-state index contributed by atoms with van der Waals surface area (Å²) in [6.07, 6.45) is 12.0. The fourth-order valence-corrected chi connectivity index (χ4v) is 2.70. The van der Waals surface area contributed by atoms with Crippen molar-refractivity contribution in [3.63, 3.8) is 0 Å². The van der Waals surface area contributed by atoms with Crippen LogP contribution in [-0.2, 0) is 11.3 Å². The predicted molar refractivity (Wildman–Crippen MR) is 81.7 cm³/mol. The number of halogens is 1. The van der Waals surface area contributed by atoms with Gasteiger partial charge >= 0.3 is 0 Å². The van der Waals surface area contributed by atoms with Gasteiger partial charge in [-0.2, -0.15) is 5.10 Å². The van der Waals surface area contributed by atoms with Gasteiger partial charge in [0.05, 0.1) is 24.6 Å². The molecule has 1 aromatic heterocycles. The first kappa shape index (κ1) is 15.1. The average Bonchev–Trinajstić information content (AvgIpc) is 2.95. The van der Waals surface area contributed by atoms with Crippen LogP contribution >= 0.6 is 15.9 Å². The molecule has 2 rings (SSSR count). The minimum atomic E-state index is -0.232. The number of hydrogen-bond acceptors (Lipinski definition) is 4. The Labute approximate surface area is 126 Å². The fourth-order valence-electron chi connectivity index (χ4n) is 2.25. The summed E-state index contributed by atoms with van der Waals surface area (Å²) in [7, 11) is 0. The Morgan fingerprint density at radius 1 is 1.55 bits per heavy atom. The Balaban J connectivity index is 1.85. The lowest BCUT2D eigenvalue weighted by Gasteiger charge is -2.13. The highest BCUT2D eigenvalue weighted by Crippen LogP contribution is 2.21. The summed E-state index contributed by atoms with van der Waals surface area (Å²) in [5.74, 6) is 2.39. The van der Waals surface area contributed by atoms with Crippen molar-refractivity contribution in [1.82, 2.24) is 9.78 Å². The molecule has 0 aliphatic heterocycles. The van der Waals surface area contributed by atoms with Crippen molar-refractivity contribution in [1.29, 1.82) is 0 Å². The van der Waals surface area contributed by atoms with E-state index in [1.54, 1.807) is 6.20 Å². The SMILES string of the molecule is C#CCn1ncc(NCCOC2CCCC2)c(Br)c1=O. The minimum absolute atomic E-state index is 0.169. The standard InChI is InChI=1S/C14H18BrN3O2/c1-2-8-18-14(19)13(15)12(10-17-18)16-7-9-20-11-5-3-4-6-11/h1,10-11,16H,3-9H2. The monoisotopic (exact) mass is 339 g/mol. The lowest BCUT2D eigenvalue weighted by molar-refractivity contribution is 0.0659. The molecule has 1 saturated carbocycles. The van der Waals surface area contributed by atoms with Gasteiger partial charge in [0, 0.05) is 6.54 Å². The third kappa shape index (κ3) is 3.84. The molecule has 20 heavy (non-hydrogen) atoms. The number of terminal acetylenes is 1. The molecule has 1 heterocycles. The predicted octanol–water partition coefficient (Wildman–Crippen LogP) is 2.01. The van der Waals surface area contributed by atoms with E-state index >= 15 is 0 Å². The number of hydrogen-bond donors (Lipinski definition) is 1. The van der Waals surface area contributed by atoms with Crippen molar-refractivity contribution in [2.24, 2.45) is 0 Å². The highest BCUT2D eigenvalue weighted by Gasteiger charge is 2.15. The van der Waals surface area contributed by atoms with Gasteiger partial charge in [-0.25, -0.2) is 4.68 Å². The van der Waals surface area contributed by atoms with Crippen molar-refractivity contribution < 1.29 is 4.74 Å². The molecule has 1 N–H and O–H groups in total. The zero-order valence-corrected chi connectivity index (χ0v) is 12.9. The number of anilines is 1. The largest absolute Gasteiger partial charge is 0.380 e. The minimum Gasteiger partial charge on any atom is -0.380 e. The molecule has 0 atom stereocenters. The lowest BCUT2D eigenvalue weighted by atomic mass is 10.3. The molecular weight excluding hydrogens is 322 g/mol. The maximum Gasteiger partial charge on any atom is 0.284 e. The van der Waals surface area contributed by atoms with Gasteiger partial charge in [-0.05, 0) is 28.8 Å². The third-order valence-corrected chi connectivity index (χ3v) is 4.07. The summed E-state index contributed by atoms with van der Waals surface area (Å²) in [4.78, 5) is 11.9. The van der Waals surface area contributed by atoms with Crippen LogP contribution in [0.15, 0.2) is 15.5 Å². The summed E-state index contributed by atoms with van der Waals surface area (Å²) < 4.78 is 7.44. The normalized spacial score (nSPS) is 15.2. The van der Waals surface area contributed by atoms with E-state index in [1.165, 1.54) is 17.5 Å². The van der Waals surface area contributed by atoms with Gasteiger partial charge < -0.3 is 10.1 Å². The Bertz CT molecular complexity index is 544. The molecule has 1 aliphatic rings. The molecule has 1 aliphatic carbocycles. The van der Waals surface area contributed by atoms with Gasteiger partial charge in [0.15, 0.2) is 0 Å². The van der Waals surface area contributed by atoms with E-state index in [-0.39, 0.29) is 12.1 Å². The van der Waals surface area contributed by atoms with Crippen LogP contribution in [0.5, 0.6) is 0 Å². The molecule has 108 valence electrons. The summed E-state index contributed by atoms with van der Waals surface area (Å²) in [6.45, 7) is 1.45. The molecule has 0 spiro atoms. The molecule has 1 fully saturated rings. The van der Waals surface area contributed by atoms with E-state index in [2.05, 4.69) is 32.3 Å². The quantitative estimate of drug-likeness (QED) is 0.636. The van der Waals surface area contributed by atoms with Crippen LogP contribution in [0.25, 0.3) is 0 Å². The van der Waals surface area contributed by atoms with Crippen molar-refractivity contribution in [3.8, 4) is 12.3 Å². The van der Waals surface area contributed by atoms with Crippen LogP contribution in [0.1, 0.15) is 25.7 Å². The Morgan fingerprint density at radius 3 is 3.00 bits per heavy atom. The Morgan fingerprint density at radius 2 is 2.30 bits per heavy atom. The van der Waals surface area contributed by atoms with Crippen molar-refractivity contribution in [2.45, 2.75) is 38.3 Å². The first-order valence-electron chi connectivity index (χ1n) is 6.77. The maximum atomic E-state index is 11.9. The van der Waals surface area contributed by atoms with Crippen LogP contribution in [0.4, 0.5) is 5.69 Å². The molecule has 0 saturated heterocycles. The van der Waals surface area contributed by atoms with Crippen LogP contribution < -0.4 is 10.9 Å². The summed E-state index contributed by atoms with van der Waals surface area (Å²) in [6, 6.07) is 0. The number of nitrogens with one attached hydrogen (secondary N) is 1. The topological polar surface area (TPSA) is 56.1 Å². The summed E-state index contributed by atoms with van der Waals surface area (Å²) >= 11 is 3.27. The van der Waals surface area contributed by atoms with E-state index < -0.39 is 0 Å². The molecule has 0 aromatic carbocycles. The van der Waals surface area contributed by atoms with Gasteiger partial charge in [-0.1, -0.05) is 18.8 Å². The van der Waals surface area contributed by atoms with Crippen LogP contribution in [-0.4, -0.2) is 29.0 Å². The van der Waals surface area contributed by atoms with E-state index in [4.69, 9.17) is 11.2 Å². The maximum absolute atomic E-state index is 11.9. The van der Waals surface area contributed by atoms with Gasteiger partial charge in [0.1, 0.15) is 11.0 Å². The molecule has 0 unspecified atom stereocenters. The highest BCUT2D eigenvalue weighted by molar-refractivity contribution is 9.10. The molecule has 0 radical (unpaired) electrons. The van der Waals surface area contributed by atoms with Crippen molar-refractivity contribution in [3.05, 3.63) is 21.0 Å². The second-order valence-electron chi connectivity index (χ2n) is 4.74. The number of aromatic nitrogens is 2. The summed E-state index contributed by atoms with van der Waals surface area (Å²) in [5, 5.41) is 7.16. The van der Waals surface area contributed by atoms with Crippen LogP contribution in [0.3, 0.4) is 0 Å². The number of rotatable bonds is 6. The smallest absolute Gasteiger partial charge is 0.284 e. The Hall–Kier alpha value is -1.32. The van der Waals surface area contributed by atoms with E-state index in [0.717, 1.165) is 12.8 Å². The fraction of sp³-hybridized carbons (Fsp3) is 0.571. The van der Waals surface area contributed by atoms with Crippen LogP contribution in [0, 0.1) is 12.3 Å². The van der Waals surface area contributed by atoms with Crippen LogP contribution in [0.2, 0.25) is 0 Å². The first-order valence-corrected chi connectivity index (χ1v) is 7.56. The molecule has 5 nitrogen and oxygen atoms in total. The van der Waals surface area contributed by atoms with Gasteiger partial charge in [-0.15, -0.1) is 6.42 Å². The molecular formula is C14H18BrN3O2. The number of ether oxygens (including phenoxy) is 1. The molecule has 0 amide bonds. The average molecular weight is 340 g/mol. The van der Waals surface area contributed by atoms with E-state index in [9.17, 15) is 4.79 Å². The highest BCUT2D eigenvalue weighted by atomic mass is 79.9. The molecule has 0 bridgehead atoms. The third-order valence-electron chi connectivity index (χ3n) is 3.30. The van der Waals surface area contributed by atoms with Gasteiger partial charge in [0.25, 0.3) is 5.56 Å². The van der Waals surface area contributed by atoms with Crippen molar-refractivity contribution >= 4 is 21.6 Å². The van der Waals surface area contributed by atoms with Gasteiger partial charge in [0.2, 0.25) is 0 Å². The first-order chi connectivity index (χ1) is 9.72. The number of nitrogens with zero attached hydrogens (tertiary/aromatic N) is 2.